The first kappa shape index (κ1) is 10.6. The van der Waals surface area contributed by atoms with E-state index in [1.54, 1.807) is 24.3 Å². The molecule has 1 aromatic carbocycles. The van der Waals surface area contributed by atoms with E-state index in [2.05, 4.69) is 20.3 Å². The topological polar surface area (TPSA) is 67.6 Å². The molecule has 18 heavy (non-hydrogen) atoms. The van der Waals surface area contributed by atoms with Gasteiger partial charge in [0.1, 0.15) is 5.82 Å². The molecule has 0 atom stereocenters. The van der Waals surface area contributed by atoms with Crippen molar-refractivity contribution in [1.82, 2.24) is 20.3 Å². The third-order valence-corrected chi connectivity index (χ3v) is 2.47. The number of benzene rings is 1. The Bertz CT molecular complexity index is 689. The van der Waals surface area contributed by atoms with Crippen molar-refractivity contribution in [2.75, 3.05) is 0 Å². The molecule has 0 saturated carbocycles. The van der Waals surface area contributed by atoms with E-state index in [1.165, 1.54) is 6.07 Å². The fourth-order valence-electron chi connectivity index (χ4n) is 1.61. The number of aromatic amines is 1. The van der Waals surface area contributed by atoms with E-state index in [0.29, 0.717) is 11.3 Å². The number of H-pyrrole nitrogens is 1. The van der Waals surface area contributed by atoms with Crippen LogP contribution in [0.15, 0.2) is 34.9 Å². The molecule has 5 nitrogen and oxygen atoms in total. The van der Waals surface area contributed by atoms with Crippen LogP contribution in [-0.2, 0) is 0 Å². The van der Waals surface area contributed by atoms with Crippen LogP contribution in [0.3, 0.4) is 0 Å². The molecule has 0 saturated heterocycles. The molecule has 0 aliphatic rings. The molecule has 0 aliphatic carbocycles. The van der Waals surface area contributed by atoms with Gasteiger partial charge in [-0.05, 0) is 25.1 Å². The van der Waals surface area contributed by atoms with Crippen LogP contribution in [-0.4, -0.2) is 20.3 Å². The van der Waals surface area contributed by atoms with Crippen molar-refractivity contribution in [3.63, 3.8) is 0 Å². The van der Waals surface area contributed by atoms with Gasteiger partial charge in [0.05, 0.1) is 5.56 Å². The zero-order chi connectivity index (χ0) is 12.5. The molecule has 3 aromatic rings. The maximum absolute atomic E-state index is 13.5. The molecule has 90 valence electrons. The van der Waals surface area contributed by atoms with Crippen molar-refractivity contribution < 1.29 is 8.91 Å². The third-order valence-electron chi connectivity index (χ3n) is 2.47. The summed E-state index contributed by atoms with van der Waals surface area (Å²) >= 11 is 0. The van der Waals surface area contributed by atoms with Crippen LogP contribution in [0.5, 0.6) is 0 Å². The Labute approximate surface area is 102 Å². The number of aryl methyl sites for hydroxylation is 1. The molecule has 0 radical (unpaired) electrons. The zero-order valence-corrected chi connectivity index (χ0v) is 9.51. The SMILES string of the molecule is Cc1cc(-c2nc(-c3ccccc3F)no2)n[nH]1. The summed E-state index contributed by atoms with van der Waals surface area (Å²) < 4.78 is 18.6. The number of hydrogen-bond donors (Lipinski definition) is 1. The van der Waals surface area contributed by atoms with Gasteiger partial charge >= 0.3 is 0 Å². The summed E-state index contributed by atoms with van der Waals surface area (Å²) in [5.41, 5.74) is 1.73. The Balaban J connectivity index is 2.02. The number of nitrogens with zero attached hydrogens (tertiary/aromatic N) is 3. The van der Waals surface area contributed by atoms with E-state index in [0.717, 1.165) is 5.69 Å². The van der Waals surface area contributed by atoms with E-state index in [-0.39, 0.29) is 17.5 Å². The molecule has 2 aromatic heterocycles. The minimum absolute atomic E-state index is 0.212. The summed E-state index contributed by atoms with van der Waals surface area (Å²) in [4.78, 5) is 4.12. The van der Waals surface area contributed by atoms with Gasteiger partial charge in [0, 0.05) is 5.69 Å². The van der Waals surface area contributed by atoms with Gasteiger partial charge in [-0.15, -0.1) is 0 Å². The lowest BCUT2D eigenvalue weighted by Crippen LogP contribution is -1.85. The van der Waals surface area contributed by atoms with Crippen LogP contribution in [0.4, 0.5) is 4.39 Å². The summed E-state index contributed by atoms with van der Waals surface area (Å²) in [6, 6.07) is 8.05. The van der Waals surface area contributed by atoms with Crippen LogP contribution in [0.2, 0.25) is 0 Å². The predicted octanol–water partition coefficient (Wildman–Crippen LogP) is 2.57. The predicted molar refractivity (Wildman–Crippen MR) is 62.0 cm³/mol. The second-order valence-corrected chi connectivity index (χ2v) is 3.84. The molecular weight excluding hydrogens is 235 g/mol. The second kappa shape index (κ2) is 4.06. The molecule has 2 heterocycles. The van der Waals surface area contributed by atoms with Crippen LogP contribution < -0.4 is 0 Å². The Morgan fingerprint density at radius 2 is 2.11 bits per heavy atom. The monoisotopic (exact) mass is 244 g/mol. The number of halogens is 1. The molecule has 0 fully saturated rings. The Hall–Kier alpha value is -2.50. The van der Waals surface area contributed by atoms with E-state index >= 15 is 0 Å². The normalized spacial score (nSPS) is 10.8. The minimum atomic E-state index is -0.386. The Morgan fingerprint density at radius 3 is 2.83 bits per heavy atom. The minimum Gasteiger partial charge on any atom is -0.332 e. The van der Waals surface area contributed by atoms with Crippen molar-refractivity contribution in [3.8, 4) is 23.0 Å². The average molecular weight is 244 g/mol. The molecule has 0 unspecified atom stereocenters. The van der Waals surface area contributed by atoms with Crippen LogP contribution in [0.25, 0.3) is 23.0 Å². The van der Waals surface area contributed by atoms with E-state index in [9.17, 15) is 4.39 Å². The summed E-state index contributed by atoms with van der Waals surface area (Å²) in [5, 5.41) is 10.5. The van der Waals surface area contributed by atoms with Gasteiger partial charge in [0.25, 0.3) is 5.89 Å². The Kier molecular flexibility index (Phi) is 2.40. The maximum Gasteiger partial charge on any atom is 0.278 e. The number of hydrogen-bond acceptors (Lipinski definition) is 4. The molecular formula is C12H9FN4O. The van der Waals surface area contributed by atoms with E-state index in [1.807, 2.05) is 6.92 Å². The highest BCUT2D eigenvalue weighted by Crippen LogP contribution is 2.22. The van der Waals surface area contributed by atoms with Crippen molar-refractivity contribution in [2.45, 2.75) is 6.92 Å². The highest BCUT2D eigenvalue weighted by molar-refractivity contribution is 5.58. The van der Waals surface area contributed by atoms with E-state index in [4.69, 9.17) is 4.52 Å². The Morgan fingerprint density at radius 1 is 1.28 bits per heavy atom. The smallest absolute Gasteiger partial charge is 0.278 e. The van der Waals surface area contributed by atoms with Gasteiger partial charge in [-0.3, -0.25) is 5.10 Å². The first-order valence-electron chi connectivity index (χ1n) is 5.35. The lowest BCUT2D eigenvalue weighted by Gasteiger charge is -1.94. The lowest BCUT2D eigenvalue weighted by molar-refractivity contribution is 0.430. The van der Waals surface area contributed by atoms with Crippen LogP contribution >= 0.6 is 0 Å². The second-order valence-electron chi connectivity index (χ2n) is 3.84. The summed E-state index contributed by atoms with van der Waals surface area (Å²) in [6.07, 6.45) is 0. The van der Waals surface area contributed by atoms with Gasteiger partial charge < -0.3 is 4.52 Å². The number of nitrogens with one attached hydrogen (secondary N) is 1. The first-order chi connectivity index (χ1) is 8.74. The molecule has 0 amide bonds. The lowest BCUT2D eigenvalue weighted by atomic mass is 10.2. The average Bonchev–Trinajstić information content (AvgIpc) is 2.98. The largest absolute Gasteiger partial charge is 0.332 e. The van der Waals surface area contributed by atoms with Crippen molar-refractivity contribution >= 4 is 0 Å². The van der Waals surface area contributed by atoms with Gasteiger partial charge in [-0.1, -0.05) is 17.3 Å². The van der Waals surface area contributed by atoms with Crippen molar-refractivity contribution in [1.29, 1.82) is 0 Å². The summed E-state index contributed by atoms with van der Waals surface area (Å²) in [5.74, 6) is 0.0874. The van der Waals surface area contributed by atoms with Crippen molar-refractivity contribution in [3.05, 3.63) is 41.8 Å². The van der Waals surface area contributed by atoms with Gasteiger partial charge in [0.2, 0.25) is 5.82 Å². The van der Waals surface area contributed by atoms with Gasteiger partial charge in [0.15, 0.2) is 5.69 Å². The number of rotatable bonds is 2. The molecule has 0 aliphatic heterocycles. The molecule has 6 heteroatoms. The molecule has 0 spiro atoms. The fourth-order valence-corrected chi connectivity index (χ4v) is 1.61. The highest BCUT2D eigenvalue weighted by atomic mass is 19.1. The van der Waals surface area contributed by atoms with Crippen molar-refractivity contribution in [2.24, 2.45) is 0 Å². The molecule has 1 N–H and O–H groups in total. The number of aromatic nitrogens is 4. The van der Waals surface area contributed by atoms with Crippen LogP contribution in [0.1, 0.15) is 5.69 Å². The first-order valence-corrected chi connectivity index (χ1v) is 5.35. The summed E-state index contributed by atoms with van der Waals surface area (Å²) in [6.45, 7) is 1.87. The maximum atomic E-state index is 13.5. The van der Waals surface area contributed by atoms with E-state index < -0.39 is 0 Å². The zero-order valence-electron chi connectivity index (χ0n) is 9.51. The standard InChI is InChI=1S/C12H9FN4O/c1-7-6-10(16-15-7)12-14-11(17-18-12)8-4-2-3-5-9(8)13/h2-6H,1H3,(H,15,16). The van der Waals surface area contributed by atoms with Gasteiger partial charge in [-0.2, -0.15) is 10.1 Å². The van der Waals surface area contributed by atoms with Crippen LogP contribution in [0, 0.1) is 12.7 Å². The quantitative estimate of drug-likeness (QED) is 0.752. The van der Waals surface area contributed by atoms with Gasteiger partial charge in [-0.25, -0.2) is 4.39 Å². The molecule has 0 bridgehead atoms. The molecule has 3 rings (SSSR count). The third kappa shape index (κ3) is 1.77. The highest BCUT2D eigenvalue weighted by Gasteiger charge is 2.15. The summed E-state index contributed by atoms with van der Waals surface area (Å²) in [7, 11) is 0. The fraction of sp³-hybridized carbons (Fsp3) is 0.0833.